The van der Waals surface area contributed by atoms with Gasteiger partial charge in [-0.15, -0.1) is 0 Å². The molecule has 0 aliphatic heterocycles. The maximum absolute atomic E-state index is 11.2. The minimum absolute atomic E-state index is 0.0541. The number of hydrogen-bond acceptors (Lipinski definition) is 4. The Balaban J connectivity index is 2.73. The van der Waals surface area contributed by atoms with Crippen molar-refractivity contribution in [2.24, 2.45) is 0 Å². The van der Waals surface area contributed by atoms with Crippen molar-refractivity contribution in [2.75, 3.05) is 0 Å². The van der Waals surface area contributed by atoms with Crippen LogP contribution >= 0.6 is 0 Å². The standard InChI is InChI=1S/C12H12O4/c1-3-8-5-4-6-9-10(8)7(2)11(15-9)12(13)16-14/h4-6,14H,3H2,1-2H3. The van der Waals surface area contributed by atoms with Crippen LogP contribution in [-0.4, -0.2) is 11.2 Å². The van der Waals surface area contributed by atoms with Gasteiger partial charge in [-0.05, 0) is 25.0 Å². The van der Waals surface area contributed by atoms with Crippen LogP contribution in [0.15, 0.2) is 22.6 Å². The van der Waals surface area contributed by atoms with Gasteiger partial charge >= 0.3 is 5.97 Å². The number of aryl methyl sites for hydroxylation is 2. The summed E-state index contributed by atoms with van der Waals surface area (Å²) in [5, 5.41) is 9.28. The molecule has 1 aromatic heterocycles. The maximum atomic E-state index is 11.2. The molecule has 0 aliphatic rings. The molecule has 0 saturated heterocycles. The predicted octanol–water partition coefficient (Wildman–Crippen LogP) is 2.93. The van der Waals surface area contributed by atoms with E-state index in [0.717, 1.165) is 17.4 Å². The number of rotatable bonds is 2. The summed E-state index contributed by atoms with van der Waals surface area (Å²) in [4.78, 5) is 14.9. The van der Waals surface area contributed by atoms with Gasteiger partial charge in [0.25, 0.3) is 0 Å². The second-order valence-corrected chi connectivity index (χ2v) is 3.58. The molecule has 0 atom stereocenters. The molecule has 0 spiro atoms. The molecule has 2 rings (SSSR count). The Morgan fingerprint density at radius 2 is 2.25 bits per heavy atom. The monoisotopic (exact) mass is 220 g/mol. The van der Waals surface area contributed by atoms with Crippen molar-refractivity contribution in [2.45, 2.75) is 20.3 Å². The van der Waals surface area contributed by atoms with E-state index in [9.17, 15) is 4.79 Å². The van der Waals surface area contributed by atoms with Crippen molar-refractivity contribution in [1.82, 2.24) is 0 Å². The first kappa shape index (κ1) is 10.7. The average Bonchev–Trinajstić information content (AvgIpc) is 2.66. The predicted molar refractivity (Wildman–Crippen MR) is 58.4 cm³/mol. The van der Waals surface area contributed by atoms with E-state index in [1.165, 1.54) is 0 Å². The van der Waals surface area contributed by atoms with Crippen LogP contribution in [0.2, 0.25) is 0 Å². The van der Waals surface area contributed by atoms with Gasteiger partial charge in [-0.25, -0.2) is 4.79 Å². The normalized spacial score (nSPS) is 10.7. The van der Waals surface area contributed by atoms with E-state index < -0.39 is 5.97 Å². The molecule has 0 bridgehead atoms. The molecular weight excluding hydrogens is 208 g/mol. The Hall–Kier alpha value is -1.81. The zero-order chi connectivity index (χ0) is 11.7. The highest BCUT2D eigenvalue weighted by molar-refractivity contribution is 5.96. The summed E-state index contributed by atoms with van der Waals surface area (Å²) in [6.45, 7) is 3.81. The van der Waals surface area contributed by atoms with Gasteiger partial charge in [0.05, 0.1) is 0 Å². The van der Waals surface area contributed by atoms with Crippen LogP contribution in [0.4, 0.5) is 0 Å². The largest absolute Gasteiger partial charge is 0.449 e. The van der Waals surface area contributed by atoms with Gasteiger partial charge in [0.1, 0.15) is 5.58 Å². The van der Waals surface area contributed by atoms with Crippen molar-refractivity contribution in [3.05, 3.63) is 35.1 Å². The van der Waals surface area contributed by atoms with Crippen molar-refractivity contribution in [3.63, 3.8) is 0 Å². The second kappa shape index (κ2) is 3.98. The van der Waals surface area contributed by atoms with Gasteiger partial charge in [0.2, 0.25) is 5.76 Å². The second-order valence-electron chi connectivity index (χ2n) is 3.58. The minimum atomic E-state index is -0.865. The van der Waals surface area contributed by atoms with Crippen LogP contribution in [0, 0.1) is 6.92 Å². The van der Waals surface area contributed by atoms with Crippen LogP contribution in [0.25, 0.3) is 11.0 Å². The molecule has 84 valence electrons. The third-order valence-electron chi connectivity index (χ3n) is 2.69. The number of benzene rings is 1. The lowest BCUT2D eigenvalue weighted by molar-refractivity contribution is -0.184. The summed E-state index contributed by atoms with van der Waals surface area (Å²) in [6, 6.07) is 5.65. The van der Waals surface area contributed by atoms with E-state index in [2.05, 4.69) is 4.89 Å². The zero-order valence-corrected chi connectivity index (χ0v) is 9.11. The first-order chi connectivity index (χ1) is 7.69. The molecule has 2 aromatic rings. The highest BCUT2D eigenvalue weighted by Gasteiger charge is 2.20. The molecule has 1 N–H and O–H groups in total. The van der Waals surface area contributed by atoms with Crippen LogP contribution in [0.3, 0.4) is 0 Å². The number of carbonyl (C=O) groups is 1. The number of furan rings is 1. The minimum Gasteiger partial charge on any atom is -0.449 e. The molecule has 4 nitrogen and oxygen atoms in total. The van der Waals surface area contributed by atoms with Crippen LogP contribution < -0.4 is 0 Å². The molecule has 16 heavy (non-hydrogen) atoms. The molecule has 0 aliphatic carbocycles. The SMILES string of the molecule is CCc1cccc2oc(C(=O)OO)c(C)c12. The first-order valence-corrected chi connectivity index (χ1v) is 5.05. The van der Waals surface area contributed by atoms with Gasteiger partial charge in [-0.3, -0.25) is 4.89 Å². The molecule has 0 amide bonds. The molecule has 0 saturated carbocycles. The van der Waals surface area contributed by atoms with Crippen molar-refractivity contribution in [3.8, 4) is 0 Å². The smallest absolute Gasteiger partial charge is 0.407 e. The lowest BCUT2D eigenvalue weighted by Gasteiger charge is -1.98. The fourth-order valence-corrected chi connectivity index (χ4v) is 1.92. The van der Waals surface area contributed by atoms with Gasteiger partial charge in [-0.1, -0.05) is 19.1 Å². The molecular formula is C12H12O4. The van der Waals surface area contributed by atoms with E-state index in [4.69, 9.17) is 9.67 Å². The van der Waals surface area contributed by atoms with Crippen LogP contribution in [0.5, 0.6) is 0 Å². The summed E-state index contributed by atoms with van der Waals surface area (Å²) < 4.78 is 5.36. The Morgan fingerprint density at radius 3 is 2.88 bits per heavy atom. The Morgan fingerprint density at radius 1 is 1.50 bits per heavy atom. The third-order valence-corrected chi connectivity index (χ3v) is 2.69. The van der Waals surface area contributed by atoms with E-state index in [1.807, 2.05) is 19.1 Å². The fourth-order valence-electron chi connectivity index (χ4n) is 1.92. The van der Waals surface area contributed by atoms with Crippen molar-refractivity contribution in [1.29, 1.82) is 0 Å². The van der Waals surface area contributed by atoms with E-state index in [0.29, 0.717) is 11.1 Å². The molecule has 4 heteroatoms. The molecule has 1 aromatic carbocycles. The zero-order valence-electron chi connectivity index (χ0n) is 9.11. The Bertz CT molecular complexity index is 539. The van der Waals surface area contributed by atoms with Gasteiger partial charge in [0, 0.05) is 10.9 Å². The Kier molecular flexibility index (Phi) is 2.66. The number of carbonyl (C=O) groups excluding carboxylic acids is 1. The van der Waals surface area contributed by atoms with Crippen molar-refractivity contribution < 1.29 is 19.4 Å². The summed E-state index contributed by atoms with van der Waals surface area (Å²) in [7, 11) is 0. The van der Waals surface area contributed by atoms with Gasteiger partial charge < -0.3 is 4.42 Å². The third kappa shape index (κ3) is 1.47. The van der Waals surface area contributed by atoms with Gasteiger partial charge in [0.15, 0.2) is 0 Å². The summed E-state index contributed by atoms with van der Waals surface area (Å²) in [5.41, 5.74) is 2.44. The fraction of sp³-hybridized carbons (Fsp3) is 0.250. The Labute approximate surface area is 92.4 Å². The maximum Gasteiger partial charge on any atom is 0.407 e. The van der Waals surface area contributed by atoms with E-state index in [-0.39, 0.29) is 5.76 Å². The summed E-state index contributed by atoms with van der Waals surface area (Å²) in [5.74, 6) is -0.811. The summed E-state index contributed by atoms with van der Waals surface area (Å²) >= 11 is 0. The molecule has 0 fully saturated rings. The molecule has 0 unspecified atom stereocenters. The highest BCUT2D eigenvalue weighted by Crippen LogP contribution is 2.28. The average molecular weight is 220 g/mol. The van der Waals surface area contributed by atoms with Crippen LogP contribution in [-0.2, 0) is 11.3 Å². The highest BCUT2D eigenvalue weighted by atomic mass is 17.1. The number of hydrogen-bond donors (Lipinski definition) is 1. The molecule has 0 radical (unpaired) electrons. The lowest BCUT2D eigenvalue weighted by atomic mass is 10.0. The van der Waals surface area contributed by atoms with Crippen LogP contribution in [0.1, 0.15) is 28.6 Å². The van der Waals surface area contributed by atoms with Gasteiger partial charge in [-0.2, -0.15) is 5.26 Å². The van der Waals surface area contributed by atoms with E-state index in [1.54, 1.807) is 13.0 Å². The molecule has 1 heterocycles. The quantitative estimate of drug-likeness (QED) is 0.624. The first-order valence-electron chi connectivity index (χ1n) is 5.05. The number of fused-ring (bicyclic) bond motifs is 1. The lowest BCUT2D eigenvalue weighted by Crippen LogP contribution is -2.01. The topological polar surface area (TPSA) is 59.7 Å². The van der Waals surface area contributed by atoms with E-state index >= 15 is 0 Å². The summed E-state index contributed by atoms with van der Waals surface area (Å²) in [6.07, 6.45) is 0.853. The van der Waals surface area contributed by atoms with Crippen molar-refractivity contribution >= 4 is 16.9 Å².